The molecule has 6 nitrogen and oxygen atoms in total. The number of hydrogen-bond donors (Lipinski definition) is 2. The number of anilines is 1. The molecule has 30 heavy (non-hydrogen) atoms. The predicted molar refractivity (Wildman–Crippen MR) is 118 cm³/mol. The molecule has 1 aliphatic rings. The van der Waals surface area contributed by atoms with E-state index in [-0.39, 0.29) is 23.6 Å². The Morgan fingerprint density at radius 3 is 2.50 bits per heavy atom. The smallest absolute Gasteiger partial charge is 0.306 e. The van der Waals surface area contributed by atoms with Gasteiger partial charge in [0.15, 0.2) is 0 Å². The van der Waals surface area contributed by atoms with Gasteiger partial charge in [0.05, 0.1) is 6.61 Å². The number of carbonyl (C=O) groups excluding carboxylic acids is 2. The van der Waals surface area contributed by atoms with Crippen LogP contribution in [0.5, 0.6) is 0 Å². The maximum Gasteiger partial charge on any atom is 0.306 e. The molecule has 1 unspecified atom stereocenters. The molecule has 0 aliphatic heterocycles. The fraction of sp³-hybridized carbons (Fsp3) is 0.375. The van der Waals surface area contributed by atoms with Gasteiger partial charge in [0.2, 0.25) is 0 Å². The Morgan fingerprint density at radius 1 is 1.13 bits per heavy atom. The Morgan fingerprint density at radius 2 is 1.83 bits per heavy atom. The fourth-order valence-corrected chi connectivity index (χ4v) is 3.83. The number of nitrogens with one attached hydrogen (secondary N) is 1. The van der Waals surface area contributed by atoms with E-state index in [4.69, 9.17) is 15.9 Å². The molecule has 0 saturated carbocycles. The van der Waals surface area contributed by atoms with Crippen molar-refractivity contribution in [2.45, 2.75) is 39.0 Å². The third-order valence-corrected chi connectivity index (χ3v) is 5.58. The number of aryl methyl sites for hydroxylation is 1. The van der Waals surface area contributed by atoms with Crippen molar-refractivity contribution in [1.29, 1.82) is 5.41 Å². The Labute approximate surface area is 177 Å². The summed E-state index contributed by atoms with van der Waals surface area (Å²) in [5.74, 6) is 0.0199. The van der Waals surface area contributed by atoms with Crippen LogP contribution in [-0.4, -0.2) is 31.4 Å². The average Bonchev–Trinajstić information content (AvgIpc) is 2.76. The first-order valence-corrected chi connectivity index (χ1v) is 10.4. The largest absolute Gasteiger partial charge is 0.466 e. The summed E-state index contributed by atoms with van der Waals surface area (Å²) in [5, 5.41) is 7.48. The quantitative estimate of drug-likeness (QED) is 0.415. The fourth-order valence-electron chi connectivity index (χ4n) is 3.83. The van der Waals surface area contributed by atoms with Crippen molar-refractivity contribution in [2.24, 2.45) is 11.7 Å². The zero-order chi connectivity index (χ0) is 21.7. The number of nitrogens with two attached hydrogens (primary N) is 1. The van der Waals surface area contributed by atoms with Gasteiger partial charge in [0.1, 0.15) is 5.84 Å². The molecule has 1 atom stereocenters. The maximum atomic E-state index is 13.0. The molecule has 0 radical (unpaired) electrons. The van der Waals surface area contributed by atoms with E-state index in [1.165, 1.54) is 5.56 Å². The summed E-state index contributed by atoms with van der Waals surface area (Å²) < 4.78 is 5.23. The zero-order valence-corrected chi connectivity index (χ0v) is 17.6. The molecule has 1 amide bonds. The summed E-state index contributed by atoms with van der Waals surface area (Å²) in [6.07, 6.45) is 3.92. The highest BCUT2D eigenvalue weighted by Crippen LogP contribution is 2.29. The second-order valence-corrected chi connectivity index (χ2v) is 7.84. The Bertz CT molecular complexity index is 937. The maximum absolute atomic E-state index is 13.0. The van der Waals surface area contributed by atoms with Crippen molar-refractivity contribution < 1.29 is 14.3 Å². The van der Waals surface area contributed by atoms with Gasteiger partial charge in [0, 0.05) is 30.3 Å². The molecule has 2 aromatic rings. The summed E-state index contributed by atoms with van der Waals surface area (Å²) in [6, 6.07) is 12.9. The van der Waals surface area contributed by atoms with Crippen LogP contribution in [0.25, 0.3) is 0 Å². The molecule has 1 aliphatic carbocycles. The van der Waals surface area contributed by atoms with Crippen molar-refractivity contribution >= 4 is 23.4 Å². The summed E-state index contributed by atoms with van der Waals surface area (Å²) in [5.41, 5.74) is 9.87. The van der Waals surface area contributed by atoms with Crippen molar-refractivity contribution in [3.05, 3.63) is 64.7 Å². The highest BCUT2D eigenvalue weighted by molar-refractivity contribution is 6.06. The van der Waals surface area contributed by atoms with Crippen LogP contribution in [0.1, 0.15) is 53.2 Å². The molecule has 3 N–H and O–H groups in total. The van der Waals surface area contributed by atoms with Crippen LogP contribution in [0.15, 0.2) is 42.5 Å². The minimum absolute atomic E-state index is 0.00153. The number of fused-ring (bicyclic) bond motifs is 1. The number of benzene rings is 2. The normalized spacial score (nSPS) is 15.2. The second kappa shape index (κ2) is 9.57. The van der Waals surface area contributed by atoms with Crippen molar-refractivity contribution in [3.63, 3.8) is 0 Å². The molecule has 3 rings (SSSR count). The highest BCUT2D eigenvalue weighted by Gasteiger charge is 2.23. The molecular formula is C24H29N3O3. The van der Waals surface area contributed by atoms with Crippen molar-refractivity contribution in [3.8, 4) is 0 Å². The lowest BCUT2D eigenvalue weighted by Gasteiger charge is -2.25. The molecule has 0 aromatic heterocycles. The van der Waals surface area contributed by atoms with Crippen LogP contribution in [0.2, 0.25) is 0 Å². The molecule has 2 aromatic carbocycles. The van der Waals surface area contributed by atoms with Gasteiger partial charge in [-0.2, -0.15) is 0 Å². The first kappa shape index (κ1) is 21.6. The second-order valence-electron chi connectivity index (χ2n) is 7.84. The van der Waals surface area contributed by atoms with Gasteiger partial charge in [0.25, 0.3) is 5.91 Å². The number of amidine groups is 1. The lowest BCUT2D eigenvalue weighted by Crippen LogP contribution is -2.27. The lowest BCUT2D eigenvalue weighted by molar-refractivity contribution is -0.144. The van der Waals surface area contributed by atoms with Gasteiger partial charge < -0.3 is 15.4 Å². The van der Waals surface area contributed by atoms with E-state index in [1.807, 2.05) is 25.1 Å². The number of rotatable bonds is 7. The van der Waals surface area contributed by atoms with Crippen LogP contribution >= 0.6 is 0 Å². The lowest BCUT2D eigenvalue weighted by atomic mass is 9.81. The summed E-state index contributed by atoms with van der Waals surface area (Å²) in [6.45, 7) is 2.46. The van der Waals surface area contributed by atoms with E-state index in [9.17, 15) is 9.59 Å². The van der Waals surface area contributed by atoms with Gasteiger partial charge in [-0.25, -0.2) is 0 Å². The molecule has 0 saturated heterocycles. The van der Waals surface area contributed by atoms with Gasteiger partial charge in [-0.05, 0) is 79.1 Å². The summed E-state index contributed by atoms with van der Waals surface area (Å²) >= 11 is 0. The van der Waals surface area contributed by atoms with E-state index in [1.54, 1.807) is 36.2 Å². The summed E-state index contributed by atoms with van der Waals surface area (Å²) in [4.78, 5) is 26.6. The van der Waals surface area contributed by atoms with E-state index in [0.717, 1.165) is 36.9 Å². The van der Waals surface area contributed by atoms with Gasteiger partial charge in [-0.15, -0.1) is 0 Å². The van der Waals surface area contributed by atoms with Crippen LogP contribution in [0, 0.1) is 11.3 Å². The SMILES string of the molecule is CCCOC(=O)CC1CCc2ccc(C(=O)N(C)c3ccc(C(=N)N)cc3)cc2C1. The van der Waals surface area contributed by atoms with Crippen molar-refractivity contribution in [1.82, 2.24) is 0 Å². The molecule has 0 fully saturated rings. The van der Waals surface area contributed by atoms with Crippen molar-refractivity contribution in [2.75, 3.05) is 18.6 Å². The molecule has 6 heteroatoms. The van der Waals surface area contributed by atoms with Crippen LogP contribution in [-0.2, 0) is 22.4 Å². The third kappa shape index (κ3) is 5.06. The van der Waals surface area contributed by atoms with E-state index in [0.29, 0.717) is 24.2 Å². The Hall–Kier alpha value is -3.15. The van der Waals surface area contributed by atoms with E-state index >= 15 is 0 Å². The number of esters is 1. The van der Waals surface area contributed by atoms with Crippen LogP contribution in [0.4, 0.5) is 5.69 Å². The van der Waals surface area contributed by atoms with Crippen LogP contribution in [0.3, 0.4) is 0 Å². The standard InChI is InChI=1S/C24H29N3O3/c1-3-12-30-22(28)14-16-4-5-17-6-7-19(15-20(17)13-16)24(29)27(2)21-10-8-18(9-11-21)23(25)26/h6-11,15-16H,3-5,12-14H2,1-2H3,(H3,25,26). The molecular weight excluding hydrogens is 378 g/mol. The molecule has 158 valence electrons. The first-order chi connectivity index (χ1) is 14.4. The topological polar surface area (TPSA) is 96.5 Å². The number of hydrogen-bond acceptors (Lipinski definition) is 4. The number of nitrogen functional groups attached to an aromatic ring is 1. The van der Waals surface area contributed by atoms with Gasteiger partial charge in [-0.3, -0.25) is 15.0 Å². The summed E-state index contributed by atoms with van der Waals surface area (Å²) in [7, 11) is 1.73. The number of nitrogens with zero attached hydrogens (tertiary/aromatic N) is 1. The van der Waals surface area contributed by atoms with E-state index < -0.39 is 0 Å². The van der Waals surface area contributed by atoms with Gasteiger partial charge >= 0.3 is 5.97 Å². The van der Waals surface area contributed by atoms with Crippen LogP contribution < -0.4 is 10.6 Å². The molecule has 0 heterocycles. The minimum atomic E-state index is -0.133. The number of carbonyl (C=O) groups is 2. The first-order valence-electron chi connectivity index (χ1n) is 10.4. The zero-order valence-electron chi connectivity index (χ0n) is 17.6. The molecule has 0 bridgehead atoms. The molecule has 0 spiro atoms. The minimum Gasteiger partial charge on any atom is -0.466 e. The average molecular weight is 408 g/mol. The number of amides is 1. The van der Waals surface area contributed by atoms with Gasteiger partial charge in [-0.1, -0.05) is 13.0 Å². The monoisotopic (exact) mass is 407 g/mol. The Kier molecular flexibility index (Phi) is 6.87. The van der Waals surface area contributed by atoms with E-state index in [2.05, 4.69) is 0 Å². The predicted octanol–water partition coefficient (Wildman–Crippen LogP) is 3.70. The third-order valence-electron chi connectivity index (χ3n) is 5.58. The Balaban J connectivity index is 1.70. The number of ether oxygens (including phenoxy) is 1. The highest BCUT2D eigenvalue weighted by atomic mass is 16.5.